The van der Waals surface area contributed by atoms with Crippen molar-refractivity contribution in [3.63, 3.8) is 0 Å². The highest BCUT2D eigenvalue weighted by Crippen LogP contribution is 2.52. The Balaban J connectivity index is 1.65. The molecule has 1 aliphatic carbocycles. The molecule has 31 heavy (non-hydrogen) atoms. The molecule has 164 valence electrons. The summed E-state index contributed by atoms with van der Waals surface area (Å²) in [7, 11) is 0. The maximum atomic E-state index is 13.8. The second-order valence-corrected chi connectivity index (χ2v) is 8.09. The van der Waals surface area contributed by atoms with Gasteiger partial charge in [0.05, 0.1) is 11.1 Å². The van der Waals surface area contributed by atoms with Crippen LogP contribution in [0, 0.1) is 17.6 Å². The van der Waals surface area contributed by atoms with E-state index in [0.29, 0.717) is 13.0 Å². The van der Waals surface area contributed by atoms with Crippen LogP contribution >= 0.6 is 0 Å². The molecular weight excluding hydrogens is 410 g/mol. The van der Waals surface area contributed by atoms with Gasteiger partial charge in [0.1, 0.15) is 11.6 Å². The first-order valence-corrected chi connectivity index (χ1v) is 10.1. The van der Waals surface area contributed by atoms with E-state index in [1.807, 2.05) is 0 Å². The smallest absolute Gasteiger partial charge is 0.275 e. The van der Waals surface area contributed by atoms with Crippen LogP contribution in [0.1, 0.15) is 46.2 Å². The van der Waals surface area contributed by atoms with Crippen molar-refractivity contribution in [3.8, 4) is 5.75 Å². The Morgan fingerprint density at radius 2 is 2.03 bits per heavy atom. The average Bonchev–Trinajstić information content (AvgIpc) is 3.42. The zero-order valence-corrected chi connectivity index (χ0v) is 16.9. The third kappa shape index (κ3) is 3.33. The molecule has 2 heterocycles. The molecule has 1 amide bonds. The van der Waals surface area contributed by atoms with Crippen LogP contribution in [0.5, 0.6) is 5.75 Å². The number of aromatic hydroxyl groups is 1. The van der Waals surface area contributed by atoms with Crippen LogP contribution < -0.4 is 5.43 Å². The predicted octanol–water partition coefficient (Wildman–Crippen LogP) is 1.87. The van der Waals surface area contributed by atoms with Crippen LogP contribution in [0.25, 0.3) is 0 Å². The fraction of sp³-hybridized carbons (Fsp3) is 0.409. The van der Waals surface area contributed by atoms with Crippen molar-refractivity contribution in [1.29, 1.82) is 0 Å². The molecule has 0 saturated heterocycles. The van der Waals surface area contributed by atoms with Gasteiger partial charge < -0.3 is 19.7 Å². The van der Waals surface area contributed by atoms with E-state index in [1.54, 1.807) is 11.8 Å². The molecule has 9 heteroatoms. The van der Waals surface area contributed by atoms with E-state index in [2.05, 4.69) is 0 Å². The number of carbonyl (C=O) groups is 2. The number of benzene rings is 1. The maximum absolute atomic E-state index is 13.8. The number of carbonyl (C=O) groups excluding carboxylic acids is 2. The highest BCUT2D eigenvalue weighted by atomic mass is 19.1. The van der Waals surface area contributed by atoms with E-state index in [0.717, 1.165) is 12.1 Å². The van der Waals surface area contributed by atoms with Crippen LogP contribution in [0.15, 0.2) is 29.2 Å². The molecule has 1 aromatic heterocycles. The zero-order chi connectivity index (χ0) is 22.5. The number of pyridine rings is 1. The summed E-state index contributed by atoms with van der Waals surface area (Å²) in [4.78, 5) is 39.8. The van der Waals surface area contributed by atoms with Gasteiger partial charge in [-0.2, -0.15) is 0 Å². The van der Waals surface area contributed by atoms with Gasteiger partial charge in [-0.15, -0.1) is 0 Å². The summed E-state index contributed by atoms with van der Waals surface area (Å²) in [6.07, 6.45) is 1.57. The molecule has 2 atom stereocenters. The Hall–Kier alpha value is -3.07. The van der Waals surface area contributed by atoms with Crippen molar-refractivity contribution in [1.82, 2.24) is 9.47 Å². The lowest BCUT2D eigenvalue weighted by atomic mass is 10.0. The number of halogens is 2. The first-order valence-electron chi connectivity index (χ1n) is 10.1. The molecule has 7 nitrogen and oxygen atoms in total. The molecule has 0 radical (unpaired) electrons. The van der Waals surface area contributed by atoms with Crippen LogP contribution in [0.3, 0.4) is 0 Å². The van der Waals surface area contributed by atoms with Gasteiger partial charge in [-0.1, -0.05) is 6.07 Å². The van der Waals surface area contributed by atoms with Crippen LogP contribution in [0.4, 0.5) is 8.78 Å². The van der Waals surface area contributed by atoms with Crippen molar-refractivity contribution in [3.05, 3.63) is 63.1 Å². The first kappa shape index (κ1) is 21.2. The first-order chi connectivity index (χ1) is 14.7. The second kappa shape index (κ2) is 7.56. The number of aliphatic hydroxyl groups is 1. The van der Waals surface area contributed by atoms with Crippen molar-refractivity contribution in [2.24, 2.45) is 5.92 Å². The lowest BCUT2D eigenvalue weighted by Crippen LogP contribution is -2.52. The van der Waals surface area contributed by atoms with Crippen molar-refractivity contribution < 1.29 is 28.6 Å². The number of likely N-dealkylation sites (N-methyl/N-ethyl adjacent to an activating group) is 1. The number of aromatic nitrogens is 1. The number of nitrogens with zero attached hydrogens (tertiary/aromatic N) is 2. The highest BCUT2D eigenvalue weighted by molar-refractivity contribution is 6.00. The number of ketones is 1. The SMILES string of the molecule is CCN1C(=O)c2c(O)c(=O)c(C(=O)CCc3ccc(F)cc3F)cn2CC12CC2CO. The van der Waals surface area contributed by atoms with Gasteiger partial charge in [-0.05, 0) is 31.4 Å². The maximum Gasteiger partial charge on any atom is 0.275 e. The number of amides is 1. The normalized spacial score (nSPS) is 22.0. The summed E-state index contributed by atoms with van der Waals surface area (Å²) >= 11 is 0. The number of fused-ring (bicyclic) bond motifs is 1. The molecule has 4 rings (SSSR count). The van der Waals surface area contributed by atoms with Crippen LogP contribution in [-0.4, -0.2) is 50.1 Å². The Kier molecular flexibility index (Phi) is 5.17. The molecule has 2 aromatic rings. The Morgan fingerprint density at radius 1 is 1.29 bits per heavy atom. The summed E-state index contributed by atoms with van der Waals surface area (Å²) in [5, 5.41) is 20.0. The molecule has 1 fully saturated rings. The number of rotatable bonds is 6. The minimum Gasteiger partial charge on any atom is -0.503 e. The van der Waals surface area contributed by atoms with Crippen molar-refractivity contribution in [2.45, 2.75) is 38.3 Å². The molecule has 2 N–H and O–H groups in total. The van der Waals surface area contributed by atoms with E-state index in [-0.39, 0.29) is 48.7 Å². The average molecular weight is 432 g/mol. The minimum atomic E-state index is -0.953. The summed E-state index contributed by atoms with van der Waals surface area (Å²) in [6, 6.07) is 3.04. The van der Waals surface area contributed by atoms with E-state index in [9.17, 15) is 33.4 Å². The summed E-state index contributed by atoms with van der Waals surface area (Å²) in [5.74, 6) is -3.56. The molecule has 1 spiro atoms. The van der Waals surface area contributed by atoms with E-state index in [1.165, 1.54) is 16.8 Å². The fourth-order valence-electron chi connectivity index (χ4n) is 4.60. The molecule has 1 aromatic carbocycles. The monoisotopic (exact) mass is 432 g/mol. The van der Waals surface area contributed by atoms with Crippen LogP contribution in [-0.2, 0) is 13.0 Å². The summed E-state index contributed by atoms with van der Waals surface area (Å²) < 4.78 is 28.3. The number of hydrogen-bond donors (Lipinski definition) is 2. The third-order valence-corrected chi connectivity index (χ3v) is 6.36. The van der Waals surface area contributed by atoms with Gasteiger partial charge in [-0.3, -0.25) is 14.4 Å². The number of aliphatic hydroxyl groups excluding tert-OH is 1. The summed E-state index contributed by atoms with van der Waals surface area (Å²) in [6.45, 7) is 2.28. The molecule has 2 unspecified atom stereocenters. The quantitative estimate of drug-likeness (QED) is 0.679. The van der Waals surface area contributed by atoms with Crippen LogP contribution in [0.2, 0.25) is 0 Å². The number of aryl methyl sites for hydroxylation is 1. The third-order valence-electron chi connectivity index (χ3n) is 6.36. The molecule has 2 aliphatic rings. The molecule has 1 saturated carbocycles. The Morgan fingerprint density at radius 3 is 2.65 bits per heavy atom. The largest absolute Gasteiger partial charge is 0.503 e. The summed E-state index contributed by atoms with van der Waals surface area (Å²) in [5.41, 5.74) is -1.90. The van der Waals surface area contributed by atoms with Gasteiger partial charge in [0, 0.05) is 44.3 Å². The van der Waals surface area contributed by atoms with Gasteiger partial charge >= 0.3 is 0 Å². The molecular formula is C22H22F2N2O5. The predicted molar refractivity (Wildman–Crippen MR) is 106 cm³/mol. The minimum absolute atomic E-state index is 0.0496. The van der Waals surface area contributed by atoms with Gasteiger partial charge in [0.15, 0.2) is 17.2 Å². The standard InChI is InChI=1S/C22H22F2N2O5/c1-2-26-21(31)18-20(30)19(29)15(9-25(18)11-22(26)8-13(22)10-27)17(28)6-4-12-3-5-14(23)7-16(12)24/h3,5,7,9,13,27,30H,2,4,6,8,10-11H2,1H3. The number of Topliss-reactive ketones (excluding diaryl/α,β-unsaturated/α-hetero) is 1. The molecule has 0 bridgehead atoms. The van der Waals surface area contributed by atoms with Gasteiger partial charge in [0.2, 0.25) is 5.43 Å². The van der Waals surface area contributed by atoms with Crippen molar-refractivity contribution >= 4 is 11.7 Å². The van der Waals surface area contributed by atoms with E-state index >= 15 is 0 Å². The van der Waals surface area contributed by atoms with Gasteiger partial charge in [0.25, 0.3) is 5.91 Å². The number of hydrogen-bond acceptors (Lipinski definition) is 5. The lowest BCUT2D eigenvalue weighted by Gasteiger charge is -2.38. The van der Waals surface area contributed by atoms with E-state index in [4.69, 9.17) is 0 Å². The zero-order valence-electron chi connectivity index (χ0n) is 16.9. The second-order valence-electron chi connectivity index (χ2n) is 8.09. The topological polar surface area (TPSA) is 99.8 Å². The Bertz CT molecular complexity index is 1150. The highest BCUT2D eigenvalue weighted by Gasteiger charge is 2.61. The lowest BCUT2D eigenvalue weighted by molar-refractivity contribution is 0.0508. The molecule has 1 aliphatic heterocycles. The van der Waals surface area contributed by atoms with Gasteiger partial charge in [-0.25, -0.2) is 8.78 Å². The van der Waals surface area contributed by atoms with E-state index < -0.39 is 40.0 Å². The fourth-order valence-corrected chi connectivity index (χ4v) is 4.60. The van der Waals surface area contributed by atoms with Crippen molar-refractivity contribution in [2.75, 3.05) is 13.2 Å². The Labute approximate surface area is 176 Å².